The number of rotatable bonds is 3. The Morgan fingerprint density at radius 2 is 2.11 bits per heavy atom. The van der Waals surface area contributed by atoms with Crippen LogP contribution < -0.4 is 0 Å². The summed E-state index contributed by atoms with van der Waals surface area (Å²) in [5, 5.41) is 20.5. The van der Waals surface area contributed by atoms with Gasteiger partial charge in [-0.3, -0.25) is 9.69 Å². The van der Waals surface area contributed by atoms with Crippen molar-refractivity contribution in [3.8, 4) is 11.8 Å². The van der Waals surface area contributed by atoms with Crippen LogP contribution in [0.1, 0.15) is 35.4 Å². The van der Waals surface area contributed by atoms with Crippen LogP contribution in [0, 0.1) is 24.2 Å². The fourth-order valence-electron chi connectivity index (χ4n) is 3.95. The minimum Gasteiger partial charge on any atom is -0.299 e. The van der Waals surface area contributed by atoms with E-state index in [0.717, 1.165) is 12.5 Å². The second kappa shape index (κ2) is 7.14. The van der Waals surface area contributed by atoms with Crippen LogP contribution in [0.2, 0.25) is 0 Å². The lowest BCUT2D eigenvalue weighted by Gasteiger charge is -2.25. The molecule has 1 saturated heterocycles. The second-order valence-electron chi connectivity index (χ2n) is 6.99. The minimum atomic E-state index is -4.66. The highest BCUT2D eigenvalue weighted by atomic mass is 35.5. The molecule has 1 aliphatic carbocycles. The number of nitriles is 1. The van der Waals surface area contributed by atoms with Crippen molar-refractivity contribution in [1.82, 2.24) is 25.1 Å². The van der Waals surface area contributed by atoms with E-state index in [-0.39, 0.29) is 35.8 Å². The molecule has 1 aliphatic heterocycles. The topological polar surface area (TPSA) is 87.7 Å². The highest BCUT2D eigenvalue weighted by Gasteiger charge is 2.44. The van der Waals surface area contributed by atoms with Crippen molar-refractivity contribution in [2.75, 3.05) is 6.54 Å². The van der Waals surface area contributed by atoms with E-state index in [9.17, 15) is 18.0 Å². The summed E-state index contributed by atoms with van der Waals surface area (Å²) in [6, 6.07) is 3.83. The first kappa shape index (κ1) is 20.2. The van der Waals surface area contributed by atoms with E-state index in [1.165, 1.54) is 10.7 Å². The summed E-state index contributed by atoms with van der Waals surface area (Å²) in [4.78, 5) is 13.8. The zero-order chi connectivity index (χ0) is 19.3. The largest absolute Gasteiger partial charge is 0.417 e. The van der Waals surface area contributed by atoms with Gasteiger partial charge in [0.05, 0.1) is 29.4 Å². The van der Waals surface area contributed by atoms with E-state index in [1.54, 1.807) is 13.0 Å². The molecule has 2 heterocycles. The Labute approximate surface area is 164 Å². The molecular weight excluding hydrogens is 397 g/mol. The Kier molecular flexibility index (Phi) is 5.16. The van der Waals surface area contributed by atoms with E-state index in [1.807, 2.05) is 0 Å². The molecule has 148 valence electrons. The molecular formula is C17H16ClF3N6O. The molecule has 1 saturated carbocycles. The number of Topliss-reactive ketones (excluding diaryl/α,β-unsaturated/α-hetero) is 1. The number of ketones is 1. The van der Waals surface area contributed by atoms with Gasteiger partial charge in [0.15, 0.2) is 5.82 Å². The molecule has 2 fully saturated rings. The maximum absolute atomic E-state index is 13.3. The predicted octanol–water partition coefficient (Wildman–Crippen LogP) is 2.45. The number of aromatic nitrogens is 4. The fraction of sp³-hybridized carbons (Fsp3) is 0.471. The molecule has 7 nitrogen and oxygen atoms in total. The maximum Gasteiger partial charge on any atom is 0.417 e. The Balaban J connectivity index is 0.00000225. The molecule has 0 unspecified atom stereocenters. The van der Waals surface area contributed by atoms with Crippen molar-refractivity contribution < 1.29 is 18.0 Å². The van der Waals surface area contributed by atoms with Gasteiger partial charge < -0.3 is 0 Å². The van der Waals surface area contributed by atoms with Gasteiger partial charge in [-0.15, -0.1) is 17.5 Å². The Morgan fingerprint density at radius 3 is 2.68 bits per heavy atom. The van der Waals surface area contributed by atoms with Crippen molar-refractivity contribution in [1.29, 1.82) is 5.26 Å². The molecule has 2 atom stereocenters. The number of piperidine rings is 1. The van der Waals surface area contributed by atoms with Gasteiger partial charge in [0, 0.05) is 24.9 Å². The third-order valence-electron chi connectivity index (χ3n) is 5.29. The SMILES string of the molecule is Cc1cc(C#N)c(C(F)(F)F)cc1-n1nnnc1CN1C[C@@H]2C[C@H]1CC2=O.Cl. The third-order valence-corrected chi connectivity index (χ3v) is 5.29. The van der Waals surface area contributed by atoms with E-state index in [0.29, 0.717) is 30.9 Å². The van der Waals surface area contributed by atoms with Gasteiger partial charge in [0.1, 0.15) is 5.78 Å². The quantitative estimate of drug-likeness (QED) is 0.769. The first-order valence-electron chi connectivity index (χ1n) is 8.44. The van der Waals surface area contributed by atoms with E-state index in [2.05, 4.69) is 20.4 Å². The molecule has 0 spiro atoms. The molecule has 0 radical (unpaired) electrons. The lowest BCUT2D eigenvalue weighted by atomic mass is 10.0. The van der Waals surface area contributed by atoms with Crippen LogP contribution in [0.4, 0.5) is 13.2 Å². The average molecular weight is 413 g/mol. The van der Waals surface area contributed by atoms with Crippen LogP contribution in [0.25, 0.3) is 5.69 Å². The van der Waals surface area contributed by atoms with Gasteiger partial charge >= 0.3 is 6.18 Å². The summed E-state index contributed by atoms with van der Waals surface area (Å²) >= 11 is 0. The monoisotopic (exact) mass is 412 g/mol. The Bertz CT molecular complexity index is 967. The van der Waals surface area contributed by atoms with Gasteiger partial charge in [0.2, 0.25) is 0 Å². The summed E-state index contributed by atoms with van der Waals surface area (Å²) in [6.45, 7) is 2.58. The number of tetrazole rings is 1. The molecule has 1 aromatic heterocycles. The summed E-state index contributed by atoms with van der Waals surface area (Å²) in [5.74, 6) is 0.706. The van der Waals surface area contributed by atoms with Gasteiger partial charge in [-0.1, -0.05) is 0 Å². The number of hydrogen-bond donors (Lipinski definition) is 0. The van der Waals surface area contributed by atoms with Crippen LogP contribution in [0.15, 0.2) is 12.1 Å². The van der Waals surface area contributed by atoms with Crippen LogP contribution in [0.3, 0.4) is 0 Å². The molecule has 2 bridgehead atoms. The number of carbonyl (C=O) groups is 1. The molecule has 0 amide bonds. The Morgan fingerprint density at radius 1 is 1.36 bits per heavy atom. The van der Waals surface area contributed by atoms with Crippen LogP contribution in [-0.4, -0.2) is 43.5 Å². The number of carbonyl (C=O) groups excluding carboxylic acids is 1. The Hall–Kier alpha value is -2.51. The van der Waals surface area contributed by atoms with Gasteiger partial charge in [-0.05, 0) is 41.5 Å². The number of hydrogen-bond acceptors (Lipinski definition) is 6. The standard InChI is InChI=1S/C17H15F3N6O.ClH/c1-9-2-10(6-21)13(17(18,19)20)5-14(9)26-16(22-23-24-26)8-25-7-11-3-12(25)4-15(11)27;/h2,5,11-12H,3-4,7-8H2,1H3;1H/t11-,12-;/m0./s1. The highest BCUT2D eigenvalue weighted by molar-refractivity contribution is 5.85. The zero-order valence-corrected chi connectivity index (χ0v) is 15.6. The first-order valence-corrected chi connectivity index (χ1v) is 8.44. The first-order chi connectivity index (χ1) is 12.8. The second-order valence-corrected chi connectivity index (χ2v) is 6.99. The molecule has 28 heavy (non-hydrogen) atoms. The van der Waals surface area contributed by atoms with Gasteiger partial charge in [0.25, 0.3) is 0 Å². The molecule has 11 heteroatoms. The fourth-order valence-corrected chi connectivity index (χ4v) is 3.95. The van der Waals surface area contributed by atoms with Gasteiger partial charge in [-0.25, -0.2) is 0 Å². The minimum absolute atomic E-state index is 0. The molecule has 2 aliphatic rings. The summed E-state index contributed by atoms with van der Waals surface area (Å²) in [6.07, 6.45) is -3.34. The number of aryl methyl sites for hydroxylation is 1. The number of benzene rings is 1. The normalized spacial score (nSPS) is 21.6. The molecule has 4 rings (SSSR count). The van der Waals surface area contributed by atoms with Crippen molar-refractivity contribution in [3.63, 3.8) is 0 Å². The number of nitrogens with zero attached hydrogens (tertiary/aromatic N) is 6. The van der Waals surface area contributed by atoms with Crippen molar-refractivity contribution in [2.24, 2.45) is 5.92 Å². The van der Waals surface area contributed by atoms with Crippen LogP contribution >= 0.6 is 12.4 Å². The number of halogens is 4. The molecule has 0 N–H and O–H groups in total. The van der Waals surface area contributed by atoms with Gasteiger partial charge in [-0.2, -0.15) is 23.1 Å². The van der Waals surface area contributed by atoms with Crippen molar-refractivity contribution >= 4 is 18.2 Å². The van der Waals surface area contributed by atoms with E-state index in [4.69, 9.17) is 5.26 Å². The summed E-state index contributed by atoms with van der Waals surface area (Å²) < 4.78 is 41.2. The highest BCUT2D eigenvalue weighted by Crippen LogP contribution is 2.37. The number of alkyl halides is 3. The predicted molar refractivity (Wildman–Crippen MR) is 92.8 cm³/mol. The average Bonchev–Trinajstić information content (AvgIpc) is 3.29. The van der Waals surface area contributed by atoms with Crippen molar-refractivity contribution in [2.45, 2.75) is 38.5 Å². The van der Waals surface area contributed by atoms with Crippen LogP contribution in [0.5, 0.6) is 0 Å². The van der Waals surface area contributed by atoms with Crippen molar-refractivity contribution in [3.05, 3.63) is 34.6 Å². The van der Waals surface area contributed by atoms with E-state index >= 15 is 0 Å². The zero-order valence-electron chi connectivity index (χ0n) is 14.8. The number of likely N-dealkylation sites (tertiary alicyclic amines) is 1. The lowest BCUT2D eigenvalue weighted by Crippen LogP contribution is -2.35. The van der Waals surface area contributed by atoms with Crippen LogP contribution in [-0.2, 0) is 17.5 Å². The molecule has 1 aromatic carbocycles. The summed E-state index contributed by atoms with van der Waals surface area (Å²) in [5.41, 5.74) is -0.806. The smallest absolute Gasteiger partial charge is 0.299 e. The lowest BCUT2D eigenvalue weighted by molar-refractivity contribution is -0.137. The summed E-state index contributed by atoms with van der Waals surface area (Å²) in [7, 11) is 0. The molecule has 2 aromatic rings. The van der Waals surface area contributed by atoms with E-state index < -0.39 is 17.3 Å². The number of fused-ring (bicyclic) bond motifs is 2. The maximum atomic E-state index is 13.3. The third kappa shape index (κ3) is 3.36.